The van der Waals surface area contributed by atoms with Crippen molar-refractivity contribution in [3.63, 3.8) is 0 Å². The number of nitrogens with one attached hydrogen (secondary N) is 1. The molecule has 0 atom stereocenters. The van der Waals surface area contributed by atoms with Crippen molar-refractivity contribution >= 4 is 29.2 Å². The molecular weight excluding hydrogens is 340 g/mol. The molecule has 1 heterocycles. The Kier molecular flexibility index (Phi) is 7.06. The van der Waals surface area contributed by atoms with Gasteiger partial charge in [-0.3, -0.25) is 14.3 Å². The molecule has 0 fully saturated rings. The van der Waals surface area contributed by atoms with E-state index in [0.717, 1.165) is 12.1 Å². The van der Waals surface area contributed by atoms with E-state index in [2.05, 4.69) is 31.2 Å². The summed E-state index contributed by atoms with van der Waals surface area (Å²) >= 11 is 5.91. The minimum Gasteiger partial charge on any atom is -0.333 e. The standard InChI is InChI=1S/C18H31ClN4O2/c1-8-9-23(16(25)18(5,6)12-19)11-15(24)20-14-10-13(17(2,3)4)21-22(14)7/h10H,8-9,11-12H2,1-7H3,(H,20,24). The minimum atomic E-state index is -0.692. The van der Waals surface area contributed by atoms with Crippen LogP contribution in [0, 0.1) is 5.41 Å². The molecule has 1 N–H and O–H groups in total. The highest BCUT2D eigenvalue weighted by Gasteiger charge is 2.32. The molecule has 25 heavy (non-hydrogen) atoms. The molecule has 142 valence electrons. The van der Waals surface area contributed by atoms with Crippen LogP contribution in [0.1, 0.15) is 53.7 Å². The van der Waals surface area contributed by atoms with Crippen LogP contribution < -0.4 is 5.32 Å². The SMILES string of the molecule is CCCN(CC(=O)Nc1cc(C(C)(C)C)nn1C)C(=O)C(C)(C)CCl. The molecule has 0 aliphatic carbocycles. The summed E-state index contributed by atoms with van der Waals surface area (Å²) in [7, 11) is 1.79. The second kappa shape index (κ2) is 8.21. The van der Waals surface area contributed by atoms with Crippen molar-refractivity contribution in [2.24, 2.45) is 12.5 Å². The fourth-order valence-electron chi connectivity index (χ4n) is 2.31. The lowest BCUT2D eigenvalue weighted by Crippen LogP contribution is -2.45. The van der Waals surface area contributed by atoms with E-state index in [1.54, 1.807) is 30.5 Å². The van der Waals surface area contributed by atoms with Gasteiger partial charge in [0.05, 0.1) is 17.7 Å². The highest BCUT2D eigenvalue weighted by molar-refractivity contribution is 6.19. The Bertz CT molecular complexity index is 617. The van der Waals surface area contributed by atoms with E-state index in [1.165, 1.54) is 0 Å². The molecule has 0 saturated heterocycles. The van der Waals surface area contributed by atoms with Crippen LogP contribution >= 0.6 is 11.6 Å². The van der Waals surface area contributed by atoms with Crippen LogP contribution in [0.3, 0.4) is 0 Å². The van der Waals surface area contributed by atoms with Crippen molar-refractivity contribution in [3.8, 4) is 0 Å². The van der Waals surface area contributed by atoms with Gasteiger partial charge in [-0.1, -0.05) is 27.7 Å². The number of carbonyl (C=O) groups is 2. The first kappa shape index (κ1) is 21.5. The Hall–Kier alpha value is -1.56. The molecule has 0 saturated carbocycles. The summed E-state index contributed by atoms with van der Waals surface area (Å²) in [6.45, 7) is 12.3. The van der Waals surface area contributed by atoms with E-state index in [0.29, 0.717) is 12.4 Å². The van der Waals surface area contributed by atoms with Crippen LogP contribution in [0.25, 0.3) is 0 Å². The van der Waals surface area contributed by atoms with Gasteiger partial charge in [0.1, 0.15) is 5.82 Å². The fraction of sp³-hybridized carbons (Fsp3) is 0.722. The highest BCUT2D eigenvalue weighted by atomic mass is 35.5. The first-order valence-corrected chi connectivity index (χ1v) is 9.15. The average Bonchev–Trinajstić information content (AvgIpc) is 2.87. The molecule has 1 aromatic rings. The number of amides is 2. The van der Waals surface area contributed by atoms with Crippen molar-refractivity contribution in [2.75, 3.05) is 24.3 Å². The van der Waals surface area contributed by atoms with E-state index in [1.807, 2.05) is 13.0 Å². The molecule has 2 amide bonds. The molecule has 6 nitrogen and oxygen atoms in total. The van der Waals surface area contributed by atoms with Gasteiger partial charge >= 0.3 is 0 Å². The summed E-state index contributed by atoms with van der Waals surface area (Å²) in [5.41, 5.74) is 0.105. The van der Waals surface area contributed by atoms with Gasteiger partial charge in [-0.15, -0.1) is 11.6 Å². The van der Waals surface area contributed by atoms with E-state index >= 15 is 0 Å². The number of alkyl halides is 1. The topological polar surface area (TPSA) is 67.2 Å². The maximum absolute atomic E-state index is 12.6. The van der Waals surface area contributed by atoms with Crippen LogP contribution in [0.15, 0.2) is 6.07 Å². The molecule has 0 aromatic carbocycles. The predicted octanol–water partition coefficient (Wildman–Crippen LogP) is 3.16. The number of nitrogens with zero attached hydrogens (tertiary/aromatic N) is 3. The first-order chi connectivity index (χ1) is 11.4. The van der Waals surface area contributed by atoms with Gasteiger partial charge in [0.25, 0.3) is 0 Å². The highest BCUT2D eigenvalue weighted by Crippen LogP contribution is 2.24. The normalized spacial score (nSPS) is 12.2. The van der Waals surface area contributed by atoms with Crippen LogP contribution in [0.4, 0.5) is 5.82 Å². The Morgan fingerprint density at radius 3 is 2.32 bits per heavy atom. The predicted molar refractivity (Wildman–Crippen MR) is 102 cm³/mol. The summed E-state index contributed by atoms with van der Waals surface area (Å²) in [5.74, 6) is 0.482. The third kappa shape index (κ3) is 5.73. The van der Waals surface area contributed by atoms with E-state index in [-0.39, 0.29) is 29.7 Å². The van der Waals surface area contributed by atoms with Gasteiger partial charge in [-0.25, -0.2) is 0 Å². The van der Waals surface area contributed by atoms with E-state index < -0.39 is 5.41 Å². The Labute approximate surface area is 155 Å². The molecule has 1 aromatic heterocycles. The first-order valence-electron chi connectivity index (χ1n) is 8.62. The number of hydrogen-bond donors (Lipinski definition) is 1. The second-order valence-corrected chi connectivity index (χ2v) is 8.35. The molecule has 1 rings (SSSR count). The summed E-state index contributed by atoms with van der Waals surface area (Å²) in [4.78, 5) is 26.6. The Morgan fingerprint density at radius 2 is 1.88 bits per heavy atom. The largest absolute Gasteiger partial charge is 0.333 e. The minimum absolute atomic E-state index is 0.00300. The molecule has 0 unspecified atom stereocenters. The monoisotopic (exact) mass is 370 g/mol. The molecule has 7 heteroatoms. The molecule has 0 aliphatic heterocycles. The van der Waals surface area contributed by atoms with Crippen molar-refractivity contribution < 1.29 is 9.59 Å². The lowest BCUT2D eigenvalue weighted by Gasteiger charge is -2.30. The number of carbonyl (C=O) groups excluding carboxylic acids is 2. The molecule has 0 radical (unpaired) electrons. The van der Waals surface area contributed by atoms with Crippen LogP contribution in [0.5, 0.6) is 0 Å². The van der Waals surface area contributed by atoms with Crippen LogP contribution in [0.2, 0.25) is 0 Å². The van der Waals surface area contributed by atoms with Crippen molar-refractivity contribution in [1.29, 1.82) is 0 Å². The number of halogens is 1. The zero-order valence-electron chi connectivity index (χ0n) is 16.4. The van der Waals surface area contributed by atoms with Crippen LogP contribution in [-0.4, -0.2) is 45.5 Å². The maximum atomic E-state index is 12.6. The Balaban J connectivity index is 2.86. The zero-order valence-corrected chi connectivity index (χ0v) is 17.2. The summed E-state index contributed by atoms with van der Waals surface area (Å²) < 4.78 is 1.65. The lowest BCUT2D eigenvalue weighted by molar-refractivity contribution is -0.141. The zero-order chi connectivity index (χ0) is 19.4. The van der Waals surface area contributed by atoms with Crippen molar-refractivity contribution in [1.82, 2.24) is 14.7 Å². The lowest BCUT2D eigenvalue weighted by atomic mass is 9.92. The van der Waals surface area contributed by atoms with Gasteiger partial charge in [-0.2, -0.15) is 5.10 Å². The van der Waals surface area contributed by atoms with Gasteiger partial charge in [0.2, 0.25) is 11.8 Å². The number of aryl methyl sites for hydroxylation is 1. The summed E-state index contributed by atoms with van der Waals surface area (Å²) in [6, 6.07) is 1.87. The van der Waals surface area contributed by atoms with Crippen molar-refractivity contribution in [3.05, 3.63) is 11.8 Å². The molecular formula is C18H31ClN4O2. The molecule has 0 spiro atoms. The number of hydrogen-bond acceptors (Lipinski definition) is 3. The van der Waals surface area contributed by atoms with Gasteiger partial charge in [-0.05, 0) is 20.3 Å². The smallest absolute Gasteiger partial charge is 0.245 e. The summed E-state index contributed by atoms with van der Waals surface area (Å²) in [6.07, 6.45) is 0.775. The van der Waals surface area contributed by atoms with Gasteiger partial charge in [0.15, 0.2) is 0 Å². The maximum Gasteiger partial charge on any atom is 0.245 e. The fourth-order valence-corrected chi connectivity index (χ4v) is 2.43. The molecule has 0 aliphatic rings. The van der Waals surface area contributed by atoms with Crippen LogP contribution in [-0.2, 0) is 22.1 Å². The summed E-state index contributed by atoms with van der Waals surface area (Å²) in [5, 5.41) is 7.29. The third-order valence-electron chi connectivity index (χ3n) is 3.94. The quantitative estimate of drug-likeness (QED) is 0.749. The number of anilines is 1. The molecule has 0 bridgehead atoms. The number of aromatic nitrogens is 2. The number of rotatable bonds is 7. The van der Waals surface area contributed by atoms with Gasteiger partial charge in [0, 0.05) is 31.0 Å². The average molecular weight is 371 g/mol. The second-order valence-electron chi connectivity index (χ2n) is 8.08. The van der Waals surface area contributed by atoms with Crippen molar-refractivity contribution in [2.45, 2.75) is 53.4 Å². The van der Waals surface area contributed by atoms with Gasteiger partial charge < -0.3 is 10.2 Å². The Morgan fingerprint density at radius 1 is 1.28 bits per heavy atom. The third-order valence-corrected chi connectivity index (χ3v) is 4.61. The van der Waals surface area contributed by atoms with E-state index in [9.17, 15) is 9.59 Å². The van der Waals surface area contributed by atoms with E-state index in [4.69, 9.17) is 11.6 Å².